The van der Waals surface area contributed by atoms with Crippen molar-refractivity contribution in [3.05, 3.63) is 29.2 Å². The maximum absolute atomic E-state index is 12.5. The fourth-order valence-corrected chi connectivity index (χ4v) is 3.17. The van der Waals surface area contributed by atoms with Gasteiger partial charge in [0, 0.05) is 17.3 Å². The van der Waals surface area contributed by atoms with Gasteiger partial charge in [0.15, 0.2) is 5.82 Å². The Kier molecular flexibility index (Phi) is 4.80. The van der Waals surface area contributed by atoms with Crippen LogP contribution >= 0.6 is 0 Å². The summed E-state index contributed by atoms with van der Waals surface area (Å²) in [5.74, 6) is 0.214. The van der Waals surface area contributed by atoms with Crippen molar-refractivity contribution < 1.29 is 14.3 Å². The van der Waals surface area contributed by atoms with Gasteiger partial charge in [-0.05, 0) is 13.8 Å². The van der Waals surface area contributed by atoms with Crippen LogP contribution in [0.25, 0.3) is 0 Å². The number of fused-ring (bicyclic) bond motifs is 1. The smallest absolute Gasteiger partial charge is 0.247 e. The number of nitrogens with two attached hydrogens (primary N) is 2. The Bertz CT molecular complexity index is 916. The summed E-state index contributed by atoms with van der Waals surface area (Å²) in [5, 5.41) is 2.69. The Morgan fingerprint density at radius 1 is 1.33 bits per heavy atom. The zero-order valence-corrected chi connectivity index (χ0v) is 15.3. The average Bonchev–Trinajstić information content (AvgIpc) is 2.60. The predicted octanol–water partition coefficient (Wildman–Crippen LogP) is 0.282. The number of carbonyl (C=O) groups is 2. The second-order valence-corrected chi connectivity index (χ2v) is 6.32. The number of primary amides is 1. The van der Waals surface area contributed by atoms with E-state index in [-0.39, 0.29) is 24.8 Å². The third-order valence-corrected chi connectivity index (χ3v) is 4.46. The number of hydrogen-bond acceptors (Lipinski definition) is 8. The molecule has 1 unspecified atom stereocenters. The molecule has 10 heteroatoms. The maximum Gasteiger partial charge on any atom is 0.247 e. The number of hydrogen-bond donors (Lipinski definition) is 3. The van der Waals surface area contributed by atoms with Gasteiger partial charge in [0.05, 0.1) is 32.0 Å². The summed E-state index contributed by atoms with van der Waals surface area (Å²) in [4.78, 5) is 38.4. The van der Waals surface area contributed by atoms with Gasteiger partial charge in [0.25, 0.3) is 0 Å². The van der Waals surface area contributed by atoms with E-state index in [1.54, 1.807) is 18.2 Å². The molecule has 142 valence electrons. The van der Waals surface area contributed by atoms with Gasteiger partial charge in [-0.1, -0.05) is 0 Å². The normalized spacial score (nSPS) is 15.9. The van der Waals surface area contributed by atoms with Crippen LogP contribution in [0.3, 0.4) is 0 Å². The minimum atomic E-state index is -0.835. The van der Waals surface area contributed by atoms with E-state index in [1.807, 2.05) is 13.8 Å². The summed E-state index contributed by atoms with van der Waals surface area (Å²) in [6.45, 7) is 4.00. The average molecular weight is 371 g/mol. The largest absolute Gasteiger partial charge is 0.496 e. The van der Waals surface area contributed by atoms with Gasteiger partial charge in [-0.25, -0.2) is 4.98 Å². The van der Waals surface area contributed by atoms with Gasteiger partial charge in [-0.2, -0.15) is 4.98 Å². The number of amides is 2. The van der Waals surface area contributed by atoms with Crippen molar-refractivity contribution in [2.75, 3.05) is 23.1 Å². The third kappa shape index (κ3) is 3.46. The number of rotatable bonds is 5. The van der Waals surface area contributed by atoms with Gasteiger partial charge in [-0.3, -0.25) is 14.6 Å². The molecule has 27 heavy (non-hydrogen) atoms. The third-order valence-electron chi connectivity index (χ3n) is 4.46. The molecule has 2 aromatic rings. The first kappa shape index (κ1) is 18.4. The number of nitrogens with zero attached hydrogens (tertiary/aromatic N) is 4. The van der Waals surface area contributed by atoms with Crippen molar-refractivity contribution >= 4 is 29.3 Å². The van der Waals surface area contributed by atoms with Crippen LogP contribution < -0.4 is 26.4 Å². The van der Waals surface area contributed by atoms with Gasteiger partial charge >= 0.3 is 0 Å². The lowest BCUT2D eigenvalue weighted by Gasteiger charge is -2.36. The number of nitrogens with one attached hydrogen (secondary N) is 1. The molecule has 0 saturated carbocycles. The van der Waals surface area contributed by atoms with Gasteiger partial charge < -0.3 is 26.4 Å². The number of nitrogen functional groups attached to an aromatic ring is 1. The SMILES string of the molecule is COc1c(C)cnc(CN2c3nc(N)ncc3NC(=O)C2CC(N)=O)c1C. The molecule has 1 aliphatic heterocycles. The molecule has 2 aromatic heterocycles. The molecule has 2 amide bonds. The summed E-state index contributed by atoms with van der Waals surface area (Å²) in [6, 6.07) is -0.835. The number of aromatic nitrogens is 3. The monoisotopic (exact) mass is 371 g/mol. The van der Waals surface area contributed by atoms with E-state index in [4.69, 9.17) is 16.2 Å². The van der Waals surface area contributed by atoms with E-state index in [0.29, 0.717) is 17.2 Å². The van der Waals surface area contributed by atoms with Crippen LogP contribution in [0.5, 0.6) is 5.75 Å². The van der Waals surface area contributed by atoms with Gasteiger partial charge in [-0.15, -0.1) is 0 Å². The Morgan fingerprint density at radius 2 is 2.07 bits per heavy atom. The molecular formula is C17H21N7O3. The van der Waals surface area contributed by atoms with Crippen LogP contribution in [0.1, 0.15) is 23.2 Å². The maximum atomic E-state index is 12.5. The van der Waals surface area contributed by atoms with E-state index in [1.165, 1.54) is 6.20 Å². The second-order valence-electron chi connectivity index (χ2n) is 6.32. The van der Waals surface area contributed by atoms with Crippen LogP contribution in [0.15, 0.2) is 12.4 Å². The van der Waals surface area contributed by atoms with Crippen LogP contribution in [0.2, 0.25) is 0 Å². The molecule has 3 heterocycles. The summed E-state index contributed by atoms with van der Waals surface area (Å²) in [7, 11) is 1.59. The van der Waals surface area contributed by atoms with Crippen LogP contribution in [-0.2, 0) is 16.1 Å². The number of aryl methyl sites for hydroxylation is 1. The molecule has 0 fully saturated rings. The number of pyridine rings is 1. The molecule has 5 N–H and O–H groups in total. The summed E-state index contributed by atoms with van der Waals surface area (Å²) >= 11 is 0. The molecule has 0 radical (unpaired) electrons. The fourth-order valence-electron chi connectivity index (χ4n) is 3.17. The lowest BCUT2D eigenvalue weighted by molar-refractivity contribution is -0.123. The Balaban J connectivity index is 2.08. The Hall–Kier alpha value is -3.43. The van der Waals surface area contributed by atoms with Crippen molar-refractivity contribution in [2.45, 2.75) is 32.9 Å². The zero-order chi connectivity index (χ0) is 19.7. The van der Waals surface area contributed by atoms with E-state index in [9.17, 15) is 9.59 Å². The number of anilines is 3. The van der Waals surface area contributed by atoms with Crippen molar-refractivity contribution in [1.29, 1.82) is 0 Å². The van der Waals surface area contributed by atoms with Gasteiger partial charge in [0.2, 0.25) is 17.8 Å². The molecular weight excluding hydrogens is 350 g/mol. The molecule has 0 bridgehead atoms. The first-order valence-electron chi connectivity index (χ1n) is 8.29. The minimum absolute atomic E-state index is 0.0545. The highest BCUT2D eigenvalue weighted by atomic mass is 16.5. The standard InChI is InChI=1S/C17H21N7O3/c1-8-5-20-11(9(2)14(8)27-3)7-24-12(4-13(18)25)16(26)22-10-6-21-17(19)23-15(10)24/h5-6,12H,4,7H2,1-3H3,(H2,18,25)(H,22,26)(H2,19,21,23). The van der Waals surface area contributed by atoms with Gasteiger partial charge in [0.1, 0.15) is 17.5 Å². The topological polar surface area (TPSA) is 149 Å². The van der Waals surface area contributed by atoms with Crippen molar-refractivity contribution in [2.24, 2.45) is 5.73 Å². The molecule has 10 nitrogen and oxygen atoms in total. The number of methoxy groups -OCH3 is 1. The van der Waals surface area contributed by atoms with E-state index in [0.717, 1.165) is 16.9 Å². The van der Waals surface area contributed by atoms with Crippen molar-refractivity contribution in [3.8, 4) is 5.75 Å². The zero-order valence-electron chi connectivity index (χ0n) is 15.3. The summed E-state index contributed by atoms with van der Waals surface area (Å²) < 4.78 is 5.45. The van der Waals surface area contributed by atoms with Crippen molar-refractivity contribution in [3.63, 3.8) is 0 Å². The molecule has 0 aromatic carbocycles. The van der Waals surface area contributed by atoms with E-state index >= 15 is 0 Å². The number of ether oxygens (including phenoxy) is 1. The number of carbonyl (C=O) groups excluding carboxylic acids is 2. The lowest BCUT2D eigenvalue weighted by atomic mass is 10.1. The molecule has 0 spiro atoms. The van der Waals surface area contributed by atoms with E-state index < -0.39 is 11.9 Å². The second kappa shape index (κ2) is 7.06. The Labute approximate surface area is 155 Å². The quantitative estimate of drug-likeness (QED) is 0.678. The summed E-state index contributed by atoms with van der Waals surface area (Å²) in [6.07, 6.45) is 2.96. The van der Waals surface area contributed by atoms with Crippen LogP contribution in [-0.4, -0.2) is 39.9 Å². The van der Waals surface area contributed by atoms with Crippen molar-refractivity contribution in [1.82, 2.24) is 15.0 Å². The highest BCUT2D eigenvalue weighted by Gasteiger charge is 2.36. The fraction of sp³-hybridized carbons (Fsp3) is 0.353. The highest BCUT2D eigenvalue weighted by molar-refractivity contribution is 6.04. The summed E-state index contributed by atoms with van der Waals surface area (Å²) in [5.41, 5.74) is 13.9. The highest BCUT2D eigenvalue weighted by Crippen LogP contribution is 2.33. The predicted molar refractivity (Wildman–Crippen MR) is 99.1 cm³/mol. The van der Waals surface area contributed by atoms with Crippen LogP contribution in [0.4, 0.5) is 17.5 Å². The molecule has 3 rings (SSSR count). The minimum Gasteiger partial charge on any atom is -0.496 e. The van der Waals surface area contributed by atoms with E-state index in [2.05, 4.69) is 20.3 Å². The first-order valence-corrected chi connectivity index (χ1v) is 8.29. The molecule has 1 aliphatic rings. The molecule has 0 aliphatic carbocycles. The lowest BCUT2D eigenvalue weighted by Crippen LogP contribution is -2.50. The first-order chi connectivity index (χ1) is 12.8. The Morgan fingerprint density at radius 3 is 2.74 bits per heavy atom. The molecule has 0 saturated heterocycles. The van der Waals surface area contributed by atoms with Crippen LogP contribution in [0, 0.1) is 13.8 Å². The molecule has 1 atom stereocenters.